The molecule has 2 heterocycles. The van der Waals surface area contributed by atoms with Gasteiger partial charge in [-0.2, -0.15) is 0 Å². The van der Waals surface area contributed by atoms with Gasteiger partial charge in [-0.25, -0.2) is 4.98 Å². The van der Waals surface area contributed by atoms with Crippen LogP contribution in [-0.2, 0) is 0 Å². The molecule has 28 heavy (non-hydrogen) atoms. The van der Waals surface area contributed by atoms with Gasteiger partial charge in [0.1, 0.15) is 22.8 Å². The first-order valence-corrected chi connectivity index (χ1v) is 9.30. The van der Waals surface area contributed by atoms with E-state index in [0.29, 0.717) is 22.9 Å². The fraction of sp³-hybridized carbons (Fsp3) is 0.273. The summed E-state index contributed by atoms with van der Waals surface area (Å²) in [6, 6.07) is 15.9. The predicted octanol–water partition coefficient (Wildman–Crippen LogP) is 3.39. The molecule has 1 aliphatic heterocycles. The first-order chi connectivity index (χ1) is 13.7. The smallest absolute Gasteiger partial charge is 0.153 e. The molecule has 0 aliphatic carbocycles. The molecule has 1 saturated heterocycles. The van der Waals surface area contributed by atoms with Gasteiger partial charge in [-0.1, -0.05) is 18.2 Å². The summed E-state index contributed by atoms with van der Waals surface area (Å²) in [7, 11) is 3.22. The van der Waals surface area contributed by atoms with Gasteiger partial charge in [0.25, 0.3) is 0 Å². The molecule has 0 spiro atoms. The number of hydrogen-bond acceptors (Lipinski definition) is 6. The van der Waals surface area contributed by atoms with Crippen molar-refractivity contribution in [2.45, 2.75) is 0 Å². The quantitative estimate of drug-likeness (QED) is 0.636. The molecule has 0 saturated carbocycles. The van der Waals surface area contributed by atoms with Crippen LogP contribution in [0.5, 0.6) is 11.5 Å². The zero-order valence-corrected chi connectivity index (χ0v) is 16.1. The Labute approximate surface area is 164 Å². The number of hydrogen-bond donors (Lipinski definition) is 0. The Kier molecular flexibility index (Phi) is 5.02. The van der Waals surface area contributed by atoms with E-state index < -0.39 is 0 Å². The van der Waals surface area contributed by atoms with Crippen molar-refractivity contribution in [3.8, 4) is 11.5 Å². The molecule has 1 aliphatic rings. The molecule has 6 nitrogen and oxygen atoms in total. The Morgan fingerprint density at radius 3 is 2.29 bits per heavy atom. The summed E-state index contributed by atoms with van der Waals surface area (Å²) in [6.45, 7) is 3.35. The first-order valence-electron chi connectivity index (χ1n) is 9.30. The van der Waals surface area contributed by atoms with E-state index in [1.165, 1.54) is 5.69 Å². The van der Waals surface area contributed by atoms with Crippen molar-refractivity contribution < 1.29 is 14.3 Å². The summed E-state index contributed by atoms with van der Waals surface area (Å²) < 4.78 is 10.8. The molecule has 0 radical (unpaired) electrons. The van der Waals surface area contributed by atoms with Gasteiger partial charge >= 0.3 is 0 Å². The summed E-state index contributed by atoms with van der Waals surface area (Å²) in [5.74, 6) is 2.02. The summed E-state index contributed by atoms with van der Waals surface area (Å²) >= 11 is 0. The SMILES string of the molecule is COc1cc(OC)c2nc(N3CCN(c4ccccc4)CC3)c(C=O)cc2c1. The number of para-hydroxylation sites is 1. The normalized spacial score (nSPS) is 14.2. The van der Waals surface area contributed by atoms with Crippen LogP contribution in [0.3, 0.4) is 0 Å². The van der Waals surface area contributed by atoms with Crippen molar-refractivity contribution in [1.29, 1.82) is 0 Å². The van der Waals surface area contributed by atoms with E-state index in [1.807, 2.05) is 24.3 Å². The minimum absolute atomic E-state index is 0.580. The molecule has 1 aromatic heterocycles. The van der Waals surface area contributed by atoms with Crippen LogP contribution in [0.1, 0.15) is 10.4 Å². The molecule has 4 rings (SSSR count). The minimum Gasteiger partial charge on any atom is -0.497 e. The van der Waals surface area contributed by atoms with Gasteiger partial charge in [0.05, 0.1) is 19.8 Å². The summed E-state index contributed by atoms with van der Waals surface area (Å²) in [6.07, 6.45) is 0.872. The molecular weight excluding hydrogens is 354 g/mol. The van der Waals surface area contributed by atoms with Crippen molar-refractivity contribution >= 4 is 28.7 Å². The van der Waals surface area contributed by atoms with E-state index in [0.717, 1.165) is 43.4 Å². The Morgan fingerprint density at radius 1 is 0.929 bits per heavy atom. The molecule has 1 fully saturated rings. The number of aldehydes is 1. The van der Waals surface area contributed by atoms with E-state index in [4.69, 9.17) is 14.5 Å². The third-order valence-electron chi connectivity index (χ3n) is 5.15. The number of carbonyl (C=O) groups excluding carboxylic acids is 1. The van der Waals surface area contributed by atoms with Gasteiger partial charge in [0.15, 0.2) is 6.29 Å². The van der Waals surface area contributed by atoms with Crippen LogP contribution in [0.4, 0.5) is 11.5 Å². The highest BCUT2D eigenvalue weighted by Crippen LogP contribution is 2.33. The highest BCUT2D eigenvalue weighted by Gasteiger charge is 2.22. The molecule has 0 atom stereocenters. The van der Waals surface area contributed by atoms with Crippen LogP contribution in [0.2, 0.25) is 0 Å². The number of methoxy groups -OCH3 is 2. The Bertz CT molecular complexity index is 983. The van der Waals surface area contributed by atoms with Crippen LogP contribution < -0.4 is 19.3 Å². The second-order valence-electron chi connectivity index (χ2n) is 6.73. The van der Waals surface area contributed by atoms with Crippen LogP contribution in [0, 0.1) is 0 Å². The van der Waals surface area contributed by atoms with Gasteiger partial charge < -0.3 is 19.3 Å². The summed E-state index contributed by atoms with van der Waals surface area (Å²) in [5, 5.41) is 0.824. The lowest BCUT2D eigenvalue weighted by molar-refractivity contribution is 0.112. The van der Waals surface area contributed by atoms with Crippen LogP contribution >= 0.6 is 0 Å². The average Bonchev–Trinajstić information content (AvgIpc) is 2.78. The van der Waals surface area contributed by atoms with Gasteiger partial charge in [0, 0.05) is 43.3 Å². The standard InChI is InChI=1S/C22H23N3O3/c1-27-19-13-16-12-17(15-26)22(23-21(16)20(14-19)28-2)25-10-8-24(9-11-25)18-6-4-3-5-7-18/h3-7,12-15H,8-11H2,1-2H3. The van der Waals surface area contributed by atoms with Crippen LogP contribution in [0.25, 0.3) is 10.9 Å². The third kappa shape index (κ3) is 3.33. The van der Waals surface area contributed by atoms with Crippen LogP contribution in [-0.4, -0.2) is 51.7 Å². The number of rotatable bonds is 5. The van der Waals surface area contributed by atoms with Gasteiger partial charge in [0.2, 0.25) is 0 Å². The number of piperazine rings is 1. The van der Waals surface area contributed by atoms with Gasteiger partial charge in [-0.15, -0.1) is 0 Å². The monoisotopic (exact) mass is 377 g/mol. The van der Waals surface area contributed by atoms with E-state index in [1.54, 1.807) is 14.2 Å². The maximum atomic E-state index is 11.8. The van der Waals surface area contributed by atoms with Gasteiger partial charge in [-0.05, 0) is 24.3 Å². The lowest BCUT2D eigenvalue weighted by Crippen LogP contribution is -2.47. The predicted molar refractivity (Wildman–Crippen MR) is 111 cm³/mol. The molecule has 144 valence electrons. The zero-order valence-electron chi connectivity index (χ0n) is 16.1. The number of fused-ring (bicyclic) bond motifs is 1. The number of benzene rings is 2. The molecule has 0 N–H and O–H groups in total. The Hall–Kier alpha value is -3.28. The van der Waals surface area contributed by atoms with Gasteiger partial charge in [-0.3, -0.25) is 4.79 Å². The lowest BCUT2D eigenvalue weighted by Gasteiger charge is -2.37. The highest BCUT2D eigenvalue weighted by molar-refractivity contribution is 5.95. The average molecular weight is 377 g/mol. The third-order valence-corrected chi connectivity index (χ3v) is 5.15. The number of carbonyl (C=O) groups is 1. The number of ether oxygens (including phenoxy) is 2. The topological polar surface area (TPSA) is 54.9 Å². The van der Waals surface area contributed by atoms with E-state index in [2.05, 4.69) is 34.1 Å². The lowest BCUT2D eigenvalue weighted by atomic mass is 10.1. The molecule has 3 aromatic rings. The Morgan fingerprint density at radius 2 is 1.64 bits per heavy atom. The molecular formula is C22H23N3O3. The van der Waals surface area contributed by atoms with E-state index in [-0.39, 0.29) is 0 Å². The molecule has 0 amide bonds. The fourth-order valence-electron chi connectivity index (χ4n) is 3.66. The van der Waals surface area contributed by atoms with Crippen molar-refractivity contribution in [2.24, 2.45) is 0 Å². The van der Waals surface area contributed by atoms with Crippen LogP contribution in [0.15, 0.2) is 48.5 Å². The van der Waals surface area contributed by atoms with Crippen molar-refractivity contribution in [2.75, 3.05) is 50.2 Å². The maximum Gasteiger partial charge on any atom is 0.153 e. The first kappa shape index (κ1) is 18.1. The molecule has 2 aromatic carbocycles. The van der Waals surface area contributed by atoms with E-state index in [9.17, 15) is 4.79 Å². The summed E-state index contributed by atoms with van der Waals surface area (Å²) in [4.78, 5) is 21.1. The number of nitrogens with zero attached hydrogens (tertiary/aromatic N) is 3. The maximum absolute atomic E-state index is 11.8. The van der Waals surface area contributed by atoms with E-state index >= 15 is 0 Å². The fourth-order valence-corrected chi connectivity index (χ4v) is 3.66. The number of aromatic nitrogens is 1. The summed E-state index contributed by atoms with van der Waals surface area (Å²) in [5.41, 5.74) is 2.53. The number of anilines is 2. The second kappa shape index (κ2) is 7.76. The largest absolute Gasteiger partial charge is 0.497 e. The van der Waals surface area contributed by atoms with Crippen molar-refractivity contribution in [3.05, 3.63) is 54.1 Å². The molecule has 6 heteroatoms. The molecule has 0 bridgehead atoms. The second-order valence-corrected chi connectivity index (χ2v) is 6.73. The highest BCUT2D eigenvalue weighted by atomic mass is 16.5. The van der Waals surface area contributed by atoms with Crippen molar-refractivity contribution in [3.63, 3.8) is 0 Å². The van der Waals surface area contributed by atoms with Crippen molar-refractivity contribution in [1.82, 2.24) is 4.98 Å². The Balaban J connectivity index is 1.66. The zero-order chi connectivity index (χ0) is 19.5. The minimum atomic E-state index is 0.580. The number of pyridine rings is 1. The molecule has 0 unspecified atom stereocenters.